The molecule has 0 unspecified atom stereocenters. The van der Waals surface area contributed by atoms with Gasteiger partial charge in [0.25, 0.3) is 0 Å². The highest BCUT2D eigenvalue weighted by molar-refractivity contribution is 8.00. The molecule has 6 heteroatoms. The molecule has 0 aliphatic rings. The summed E-state index contributed by atoms with van der Waals surface area (Å²) in [6.45, 7) is 3.88. The van der Waals surface area contributed by atoms with Gasteiger partial charge in [-0.1, -0.05) is 0 Å². The summed E-state index contributed by atoms with van der Waals surface area (Å²) in [5.41, 5.74) is 0.664. The number of anilines is 1. The van der Waals surface area contributed by atoms with Gasteiger partial charge in [0.05, 0.1) is 17.6 Å². The molecule has 0 aromatic heterocycles. The van der Waals surface area contributed by atoms with E-state index in [9.17, 15) is 9.59 Å². The van der Waals surface area contributed by atoms with Gasteiger partial charge in [0.15, 0.2) is 0 Å². The van der Waals surface area contributed by atoms with Crippen LogP contribution in [0.1, 0.15) is 13.8 Å². The van der Waals surface area contributed by atoms with Crippen LogP contribution in [0.5, 0.6) is 5.75 Å². The first-order chi connectivity index (χ1) is 8.97. The lowest BCUT2D eigenvalue weighted by molar-refractivity contribution is -0.133. The van der Waals surface area contributed by atoms with Crippen molar-refractivity contribution in [3.8, 4) is 5.75 Å². The number of ether oxygens (including phenoxy) is 1. The van der Waals surface area contributed by atoms with Crippen molar-refractivity contribution in [1.82, 2.24) is 0 Å². The molecule has 1 aromatic rings. The van der Waals surface area contributed by atoms with Crippen molar-refractivity contribution in [1.29, 1.82) is 0 Å². The zero-order chi connectivity index (χ0) is 14.3. The summed E-state index contributed by atoms with van der Waals surface area (Å²) in [5.74, 6) is -0.351. The first-order valence-corrected chi connectivity index (χ1v) is 6.99. The third kappa shape index (κ3) is 6.71. The molecule has 0 atom stereocenters. The SMILES string of the molecule is CC(C)Oc1ccc(NC(=O)CSCC(=O)O)cc1. The Hall–Kier alpha value is -1.69. The first-order valence-electron chi connectivity index (χ1n) is 5.83. The highest BCUT2D eigenvalue weighted by atomic mass is 32.2. The van der Waals surface area contributed by atoms with Gasteiger partial charge in [0.2, 0.25) is 5.91 Å². The molecule has 0 spiro atoms. The van der Waals surface area contributed by atoms with Crippen LogP contribution < -0.4 is 10.1 Å². The summed E-state index contributed by atoms with van der Waals surface area (Å²) in [5, 5.41) is 11.1. The molecule has 0 fully saturated rings. The summed E-state index contributed by atoms with van der Waals surface area (Å²) in [4.78, 5) is 21.8. The molecule has 1 amide bonds. The summed E-state index contributed by atoms with van der Waals surface area (Å²) >= 11 is 1.06. The number of amides is 1. The predicted molar refractivity (Wildman–Crippen MR) is 75.8 cm³/mol. The molecule has 104 valence electrons. The molecule has 1 aromatic carbocycles. The van der Waals surface area contributed by atoms with E-state index in [1.165, 1.54) is 0 Å². The number of benzene rings is 1. The van der Waals surface area contributed by atoms with Crippen molar-refractivity contribution in [2.45, 2.75) is 20.0 Å². The Balaban J connectivity index is 2.40. The van der Waals surface area contributed by atoms with Crippen LogP contribution >= 0.6 is 11.8 Å². The highest BCUT2D eigenvalue weighted by Gasteiger charge is 2.05. The molecule has 0 heterocycles. The lowest BCUT2D eigenvalue weighted by atomic mass is 10.3. The molecule has 0 radical (unpaired) electrons. The molecule has 0 saturated carbocycles. The Morgan fingerprint density at radius 3 is 2.42 bits per heavy atom. The van der Waals surface area contributed by atoms with Crippen LogP contribution in [0.3, 0.4) is 0 Å². The largest absolute Gasteiger partial charge is 0.491 e. The van der Waals surface area contributed by atoms with Crippen LogP contribution in [-0.2, 0) is 9.59 Å². The van der Waals surface area contributed by atoms with Gasteiger partial charge in [-0.2, -0.15) is 0 Å². The van der Waals surface area contributed by atoms with Crippen molar-refractivity contribution in [2.24, 2.45) is 0 Å². The van der Waals surface area contributed by atoms with E-state index in [0.717, 1.165) is 17.5 Å². The molecule has 0 aliphatic carbocycles. The second kappa shape index (κ2) is 7.68. The van der Waals surface area contributed by atoms with Gasteiger partial charge in [-0.05, 0) is 38.1 Å². The van der Waals surface area contributed by atoms with Gasteiger partial charge >= 0.3 is 5.97 Å². The fraction of sp³-hybridized carbons (Fsp3) is 0.385. The maximum Gasteiger partial charge on any atom is 0.313 e. The van der Waals surface area contributed by atoms with E-state index in [1.54, 1.807) is 24.3 Å². The molecule has 1 rings (SSSR count). The summed E-state index contributed by atoms with van der Waals surface area (Å²) in [6, 6.07) is 7.05. The summed E-state index contributed by atoms with van der Waals surface area (Å²) in [6.07, 6.45) is 0.104. The lowest BCUT2D eigenvalue weighted by Crippen LogP contribution is -2.15. The number of rotatable bonds is 7. The Morgan fingerprint density at radius 1 is 1.26 bits per heavy atom. The van der Waals surface area contributed by atoms with Crippen molar-refractivity contribution in [3.63, 3.8) is 0 Å². The van der Waals surface area contributed by atoms with Gasteiger partial charge in [-0.25, -0.2) is 0 Å². The van der Waals surface area contributed by atoms with Crippen LogP contribution in [0, 0.1) is 0 Å². The van der Waals surface area contributed by atoms with Crippen molar-refractivity contribution in [3.05, 3.63) is 24.3 Å². The van der Waals surface area contributed by atoms with Crippen molar-refractivity contribution in [2.75, 3.05) is 16.8 Å². The molecule has 0 saturated heterocycles. The number of carbonyl (C=O) groups excluding carboxylic acids is 1. The van der Waals surface area contributed by atoms with E-state index in [1.807, 2.05) is 13.8 Å². The second-order valence-corrected chi connectivity index (χ2v) is 5.11. The minimum Gasteiger partial charge on any atom is -0.491 e. The van der Waals surface area contributed by atoms with Gasteiger partial charge in [0, 0.05) is 5.69 Å². The fourth-order valence-corrected chi connectivity index (χ4v) is 1.85. The lowest BCUT2D eigenvalue weighted by Gasteiger charge is -2.10. The molecular formula is C13H17NO4S. The highest BCUT2D eigenvalue weighted by Crippen LogP contribution is 2.17. The van der Waals surface area contributed by atoms with Crippen LogP contribution in [-0.4, -0.2) is 34.6 Å². The number of thioether (sulfide) groups is 1. The molecule has 19 heavy (non-hydrogen) atoms. The molecule has 0 aliphatic heterocycles. The van der Waals surface area contributed by atoms with E-state index in [0.29, 0.717) is 5.69 Å². The van der Waals surface area contributed by atoms with E-state index in [2.05, 4.69) is 5.32 Å². The van der Waals surface area contributed by atoms with Crippen molar-refractivity contribution < 1.29 is 19.4 Å². The van der Waals surface area contributed by atoms with Crippen LogP contribution in [0.4, 0.5) is 5.69 Å². The Labute approximate surface area is 116 Å². The average molecular weight is 283 g/mol. The van der Waals surface area contributed by atoms with Crippen molar-refractivity contribution >= 4 is 29.3 Å². The Bertz CT molecular complexity index is 431. The number of nitrogens with one attached hydrogen (secondary N) is 1. The Morgan fingerprint density at radius 2 is 1.89 bits per heavy atom. The molecular weight excluding hydrogens is 266 g/mol. The third-order valence-corrected chi connectivity index (χ3v) is 2.89. The number of aliphatic carboxylic acids is 1. The van der Waals surface area contributed by atoms with Crippen LogP contribution in [0.15, 0.2) is 24.3 Å². The number of carboxylic acid groups (broad SMARTS) is 1. The monoisotopic (exact) mass is 283 g/mol. The van der Waals surface area contributed by atoms with E-state index in [-0.39, 0.29) is 23.5 Å². The van der Waals surface area contributed by atoms with Crippen LogP contribution in [0.25, 0.3) is 0 Å². The molecule has 0 bridgehead atoms. The predicted octanol–water partition coefficient (Wildman–Crippen LogP) is 2.23. The smallest absolute Gasteiger partial charge is 0.313 e. The quantitative estimate of drug-likeness (QED) is 0.802. The van der Waals surface area contributed by atoms with Gasteiger partial charge in [-0.15, -0.1) is 11.8 Å². The van der Waals surface area contributed by atoms with Crippen LogP contribution in [0.2, 0.25) is 0 Å². The normalized spacial score (nSPS) is 10.3. The zero-order valence-corrected chi connectivity index (χ0v) is 11.7. The minimum absolute atomic E-state index is 0.0748. The van der Waals surface area contributed by atoms with E-state index in [4.69, 9.17) is 9.84 Å². The third-order valence-electron chi connectivity index (χ3n) is 1.97. The van der Waals surface area contributed by atoms with Gasteiger partial charge in [0.1, 0.15) is 5.75 Å². The summed E-state index contributed by atoms with van der Waals surface area (Å²) in [7, 11) is 0. The molecule has 5 nitrogen and oxygen atoms in total. The standard InChI is InChI=1S/C13H17NO4S/c1-9(2)18-11-5-3-10(4-6-11)14-12(15)7-19-8-13(16)17/h3-6,9H,7-8H2,1-2H3,(H,14,15)(H,16,17). The average Bonchev–Trinajstić information content (AvgIpc) is 2.30. The van der Waals surface area contributed by atoms with E-state index >= 15 is 0 Å². The van der Waals surface area contributed by atoms with Gasteiger partial charge < -0.3 is 15.2 Å². The maximum atomic E-state index is 11.5. The zero-order valence-electron chi connectivity index (χ0n) is 10.9. The topological polar surface area (TPSA) is 75.6 Å². The van der Waals surface area contributed by atoms with Gasteiger partial charge in [-0.3, -0.25) is 9.59 Å². The van der Waals surface area contributed by atoms with E-state index < -0.39 is 5.97 Å². The second-order valence-electron chi connectivity index (χ2n) is 4.13. The Kier molecular flexibility index (Phi) is 6.21. The fourth-order valence-electron chi connectivity index (χ4n) is 1.32. The molecule has 2 N–H and O–H groups in total. The number of carbonyl (C=O) groups is 2. The number of carboxylic acids is 1. The number of hydrogen-bond acceptors (Lipinski definition) is 4. The maximum absolute atomic E-state index is 11.5. The summed E-state index contributed by atoms with van der Waals surface area (Å²) < 4.78 is 5.48. The minimum atomic E-state index is -0.923. The first kappa shape index (κ1) is 15.4. The number of hydrogen-bond donors (Lipinski definition) is 2.